The maximum atomic E-state index is 13.4. The lowest BCUT2D eigenvalue weighted by Gasteiger charge is -2.26. The van der Waals surface area contributed by atoms with E-state index in [1.165, 1.54) is 19.4 Å². The Bertz CT molecular complexity index is 1720. The molecule has 0 saturated carbocycles. The summed E-state index contributed by atoms with van der Waals surface area (Å²) in [5.41, 5.74) is 3.57. The summed E-state index contributed by atoms with van der Waals surface area (Å²) in [6.45, 7) is 8.46. The molecule has 4 rings (SSSR count). The van der Waals surface area contributed by atoms with Crippen molar-refractivity contribution in [2.24, 2.45) is 0 Å². The third kappa shape index (κ3) is 7.42. The first-order valence-corrected chi connectivity index (χ1v) is 16.3. The molecule has 0 aliphatic heterocycles. The number of nitrogens with zero attached hydrogens (tertiary/aromatic N) is 6. The van der Waals surface area contributed by atoms with E-state index in [1.807, 2.05) is 32.1 Å². The van der Waals surface area contributed by atoms with Crippen LogP contribution in [0.25, 0.3) is 11.0 Å². The van der Waals surface area contributed by atoms with E-state index in [-0.39, 0.29) is 11.9 Å². The first-order chi connectivity index (χ1) is 20.9. The van der Waals surface area contributed by atoms with Crippen molar-refractivity contribution in [3.05, 3.63) is 55.5 Å². The zero-order valence-corrected chi connectivity index (χ0v) is 26.9. The third-order valence-electron chi connectivity index (χ3n) is 6.68. The number of hydrogen-bond donors (Lipinski definition) is 3. The van der Waals surface area contributed by atoms with Gasteiger partial charge in [-0.2, -0.15) is 4.98 Å². The highest BCUT2D eigenvalue weighted by Gasteiger charge is 2.23. The summed E-state index contributed by atoms with van der Waals surface area (Å²) in [7, 11) is 6.20. The fraction of sp³-hybridized carbons (Fsp3) is 0.300. The summed E-state index contributed by atoms with van der Waals surface area (Å²) in [5.74, 6) is 1.08. The average molecular weight is 620 g/mol. The van der Waals surface area contributed by atoms with Crippen molar-refractivity contribution in [2.75, 3.05) is 82.6 Å². The molecule has 232 valence electrons. The Labute approximate surface area is 257 Å². The molecule has 0 radical (unpaired) electrons. The molecule has 3 N–H and O–H groups in total. The summed E-state index contributed by atoms with van der Waals surface area (Å²) < 4.78 is 24.7. The van der Waals surface area contributed by atoms with Gasteiger partial charge in [-0.1, -0.05) is 6.58 Å². The average Bonchev–Trinajstić information content (AvgIpc) is 2.99. The van der Waals surface area contributed by atoms with Crippen LogP contribution in [0, 0.1) is 0 Å². The van der Waals surface area contributed by atoms with Crippen LogP contribution < -0.4 is 35.6 Å². The van der Waals surface area contributed by atoms with Crippen molar-refractivity contribution >= 4 is 63.9 Å². The molecule has 0 spiro atoms. The Balaban J connectivity index is 1.75. The molecule has 1 amide bonds. The molecule has 0 aliphatic carbocycles. The standard InChI is InChI=1S/C30H38N9O4P/c1-9-26(40)34-21-16-22(24(42-5)17-23(21)39(4)15-14-38(2)3)36-30-33-18-25(43-6)29(37-30)35-20-11-10-19-27(32-13-12-31-19)28(20)44(7,8)41/h9-13,16-18H,1,14-15H2,2-8H3,(H,34,40)(H2,33,35,36,37). The van der Waals surface area contributed by atoms with E-state index in [4.69, 9.17) is 9.47 Å². The van der Waals surface area contributed by atoms with Gasteiger partial charge in [0, 0.05) is 38.6 Å². The number of rotatable bonds is 13. The molecular formula is C30H38N9O4P. The lowest BCUT2D eigenvalue weighted by molar-refractivity contribution is -0.111. The number of aromatic nitrogens is 4. The van der Waals surface area contributed by atoms with Gasteiger partial charge in [0.1, 0.15) is 18.4 Å². The van der Waals surface area contributed by atoms with E-state index in [9.17, 15) is 9.36 Å². The highest BCUT2D eigenvalue weighted by Crippen LogP contribution is 2.42. The van der Waals surface area contributed by atoms with Gasteiger partial charge in [-0.25, -0.2) is 4.98 Å². The summed E-state index contributed by atoms with van der Waals surface area (Å²) in [5, 5.41) is 9.91. The van der Waals surface area contributed by atoms with Crippen molar-refractivity contribution in [1.82, 2.24) is 24.8 Å². The summed E-state index contributed by atoms with van der Waals surface area (Å²) in [4.78, 5) is 34.3. The van der Waals surface area contributed by atoms with Crippen LogP contribution in [0.4, 0.5) is 34.5 Å². The SMILES string of the molecule is C=CC(=O)Nc1cc(Nc2ncc(OC)c(Nc3ccc4nccnc4c3P(C)(C)=O)n2)c(OC)cc1N(C)CCN(C)C. The normalized spacial score (nSPS) is 11.3. The van der Waals surface area contributed by atoms with Gasteiger partial charge in [0.25, 0.3) is 0 Å². The lowest BCUT2D eigenvalue weighted by Crippen LogP contribution is -2.29. The number of anilines is 6. The Hall–Kier alpha value is -4.74. The Morgan fingerprint density at radius 1 is 0.955 bits per heavy atom. The monoisotopic (exact) mass is 619 g/mol. The Kier molecular flexibility index (Phi) is 10.0. The number of likely N-dealkylation sites (N-methyl/N-ethyl adjacent to an activating group) is 2. The zero-order chi connectivity index (χ0) is 32.0. The fourth-order valence-electron chi connectivity index (χ4n) is 4.49. The van der Waals surface area contributed by atoms with Crippen molar-refractivity contribution in [2.45, 2.75) is 0 Å². The van der Waals surface area contributed by atoms with Gasteiger partial charge in [-0.05, 0) is 51.7 Å². The predicted octanol–water partition coefficient (Wildman–Crippen LogP) is 4.29. The maximum Gasteiger partial charge on any atom is 0.247 e. The third-order valence-corrected chi connectivity index (χ3v) is 8.21. The van der Waals surface area contributed by atoms with Crippen LogP contribution in [0.15, 0.2) is 55.5 Å². The minimum Gasteiger partial charge on any atom is -0.494 e. The number of methoxy groups -OCH3 is 2. The number of benzene rings is 2. The van der Waals surface area contributed by atoms with Crippen molar-refractivity contribution in [3.8, 4) is 11.5 Å². The van der Waals surface area contributed by atoms with E-state index >= 15 is 0 Å². The number of carbonyl (C=O) groups excluding carboxylic acids is 1. The van der Waals surface area contributed by atoms with Crippen LogP contribution >= 0.6 is 7.14 Å². The molecule has 0 bridgehead atoms. The van der Waals surface area contributed by atoms with Gasteiger partial charge in [-0.3, -0.25) is 14.8 Å². The number of hydrogen-bond acceptors (Lipinski definition) is 12. The fourth-order valence-corrected chi connectivity index (χ4v) is 5.88. The second-order valence-electron chi connectivity index (χ2n) is 10.6. The van der Waals surface area contributed by atoms with Crippen LogP contribution in [0.5, 0.6) is 11.5 Å². The molecule has 0 unspecified atom stereocenters. The molecule has 0 saturated heterocycles. The molecule has 0 fully saturated rings. The molecule has 2 aromatic carbocycles. The minimum absolute atomic E-state index is 0.222. The molecule has 2 aromatic heterocycles. The maximum absolute atomic E-state index is 13.4. The van der Waals surface area contributed by atoms with Gasteiger partial charge in [0.15, 0.2) is 11.6 Å². The summed E-state index contributed by atoms with van der Waals surface area (Å²) in [6, 6.07) is 7.19. The molecule has 13 nitrogen and oxygen atoms in total. The number of nitrogens with one attached hydrogen (secondary N) is 3. The van der Waals surface area contributed by atoms with Gasteiger partial charge < -0.3 is 39.8 Å². The predicted molar refractivity (Wildman–Crippen MR) is 177 cm³/mol. The summed E-state index contributed by atoms with van der Waals surface area (Å²) in [6.07, 6.45) is 5.90. The van der Waals surface area contributed by atoms with Crippen molar-refractivity contribution < 1.29 is 18.8 Å². The van der Waals surface area contributed by atoms with E-state index in [2.05, 4.69) is 47.4 Å². The van der Waals surface area contributed by atoms with Gasteiger partial charge in [-0.15, -0.1) is 0 Å². The van der Waals surface area contributed by atoms with Crippen molar-refractivity contribution in [1.29, 1.82) is 0 Å². The molecular weight excluding hydrogens is 581 g/mol. The Morgan fingerprint density at radius 3 is 2.34 bits per heavy atom. The minimum atomic E-state index is -2.81. The number of carbonyl (C=O) groups is 1. The Morgan fingerprint density at radius 2 is 1.68 bits per heavy atom. The van der Waals surface area contributed by atoms with E-state index in [1.54, 1.807) is 51.0 Å². The van der Waals surface area contributed by atoms with Crippen molar-refractivity contribution in [3.63, 3.8) is 0 Å². The highest BCUT2D eigenvalue weighted by atomic mass is 31.2. The van der Waals surface area contributed by atoms with Crippen LogP contribution in [0.3, 0.4) is 0 Å². The first kappa shape index (κ1) is 32.2. The number of amides is 1. The van der Waals surface area contributed by atoms with Gasteiger partial charge >= 0.3 is 0 Å². The smallest absolute Gasteiger partial charge is 0.247 e. The molecule has 0 atom stereocenters. The lowest BCUT2D eigenvalue weighted by atomic mass is 10.2. The van der Waals surface area contributed by atoms with E-state index in [0.29, 0.717) is 57.3 Å². The topological polar surface area (TPSA) is 147 Å². The van der Waals surface area contributed by atoms with E-state index in [0.717, 1.165) is 12.2 Å². The molecule has 4 aromatic rings. The summed E-state index contributed by atoms with van der Waals surface area (Å²) >= 11 is 0. The second-order valence-corrected chi connectivity index (χ2v) is 13.7. The molecule has 44 heavy (non-hydrogen) atoms. The second kappa shape index (κ2) is 13.7. The van der Waals surface area contributed by atoms with E-state index < -0.39 is 7.14 Å². The van der Waals surface area contributed by atoms with Crippen LogP contribution in [-0.2, 0) is 9.36 Å². The highest BCUT2D eigenvalue weighted by molar-refractivity contribution is 7.71. The first-order valence-electron chi connectivity index (χ1n) is 13.7. The number of fused-ring (bicyclic) bond motifs is 1. The molecule has 0 aliphatic rings. The van der Waals surface area contributed by atoms with Crippen LogP contribution in [-0.4, -0.2) is 92.5 Å². The molecule has 2 heterocycles. The van der Waals surface area contributed by atoms with Crippen LogP contribution in [0.2, 0.25) is 0 Å². The zero-order valence-electron chi connectivity index (χ0n) is 26.0. The quantitative estimate of drug-likeness (QED) is 0.145. The van der Waals surface area contributed by atoms with Crippen LogP contribution in [0.1, 0.15) is 0 Å². The largest absolute Gasteiger partial charge is 0.494 e. The number of ether oxygens (including phenoxy) is 2. The molecule has 14 heteroatoms. The van der Waals surface area contributed by atoms with Gasteiger partial charge in [0.05, 0.1) is 54.0 Å². The van der Waals surface area contributed by atoms with Gasteiger partial charge in [0.2, 0.25) is 11.9 Å².